The fourth-order valence-electron chi connectivity index (χ4n) is 18.0. The molecular formula is C80H81BN4S. The van der Waals surface area contributed by atoms with Gasteiger partial charge in [-0.3, -0.25) is 0 Å². The van der Waals surface area contributed by atoms with Gasteiger partial charge < -0.3 is 19.6 Å². The molecule has 6 heteroatoms. The Balaban J connectivity index is 1.06. The maximum atomic E-state index is 2.84. The van der Waals surface area contributed by atoms with Gasteiger partial charge in [-0.1, -0.05) is 190 Å². The number of hydrogen-bond donors (Lipinski definition) is 0. The van der Waals surface area contributed by atoms with Crippen LogP contribution in [0.15, 0.2) is 176 Å². The van der Waals surface area contributed by atoms with Crippen molar-refractivity contribution < 1.29 is 0 Å². The van der Waals surface area contributed by atoms with Crippen molar-refractivity contribution in [2.24, 2.45) is 0 Å². The van der Waals surface area contributed by atoms with Crippen molar-refractivity contribution in [1.29, 1.82) is 0 Å². The van der Waals surface area contributed by atoms with Gasteiger partial charge in [-0.25, -0.2) is 0 Å². The monoisotopic (exact) mass is 1140 g/mol. The largest absolute Gasteiger partial charge is 0.334 e. The van der Waals surface area contributed by atoms with E-state index in [9.17, 15) is 0 Å². The fraction of sp³-hybridized carbons (Fsp3) is 0.325. The quantitative estimate of drug-likeness (QED) is 0.159. The molecule has 2 fully saturated rings. The van der Waals surface area contributed by atoms with Crippen LogP contribution in [0.5, 0.6) is 0 Å². The Kier molecular flexibility index (Phi) is 11.6. The van der Waals surface area contributed by atoms with Crippen molar-refractivity contribution in [1.82, 2.24) is 0 Å². The summed E-state index contributed by atoms with van der Waals surface area (Å²) < 4.78 is 2.64. The number of anilines is 10. The number of hydrogen-bond acceptors (Lipinski definition) is 5. The minimum Gasteiger partial charge on any atom is -0.334 e. The summed E-state index contributed by atoms with van der Waals surface area (Å²) in [5.41, 5.74) is 27.2. The standard InChI is InChI=1S/C80H81BN4S/c1-50-43-51(2)72-68(44-50)84(80(12)42-23-21-40-78(72,80)10)55-35-37-62-67(47-55)82(63-38-34-53(75(3,4)5)45-59(63)52-25-14-13-15-26-52)69-48-56(85-64-30-18-17-29-60(64)77(9)39-20-22-41-79(77,85)11)49-70-73(69)81(62)61-36-33-54(76(6,7)8)46-66(61)83(70)65-31-24-28-58-57-27-16-19-32-71(57)86-74(58)65/h13-19,24-38,43-49H,20-23,39-42H2,1-12H3. The lowest BCUT2D eigenvalue weighted by molar-refractivity contribution is 0.194. The van der Waals surface area contributed by atoms with Crippen molar-refractivity contribution in [3.63, 3.8) is 0 Å². The van der Waals surface area contributed by atoms with Crippen molar-refractivity contribution >= 4 is 111 Å². The van der Waals surface area contributed by atoms with Crippen molar-refractivity contribution in [2.75, 3.05) is 19.6 Å². The Morgan fingerprint density at radius 2 is 1.01 bits per heavy atom. The highest BCUT2D eigenvalue weighted by atomic mass is 32.1. The summed E-state index contributed by atoms with van der Waals surface area (Å²) in [5, 5.41) is 2.63. The van der Waals surface area contributed by atoms with E-state index >= 15 is 0 Å². The lowest BCUT2D eigenvalue weighted by Gasteiger charge is -2.51. The van der Waals surface area contributed by atoms with Gasteiger partial charge in [0.2, 0.25) is 0 Å². The van der Waals surface area contributed by atoms with Gasteiger partial charge in [0.05, 0.1) is 27.2 Å². The number of thiophene rings is 1. The van der Waals surface area contributed by atoms with Crippen LogP contribution in [0.25, 0.3) is 31.3 Å². The van der Waals surface area contributed by atoms with Crippen LogP contribution < -0.4 is 36.0 Å². The van der Waals surface area contributed by atoms with Crippen molar-refractivity contribution in [3.05, 3.63) is 209 Å². The highest BCUT2D eigenvalue weighted by Gasteiger charge is 2.60. The average Bonchev–Trinajstić information content (AvgIpc) is 1.26. The molecule has 4 unspecified atom stereocenters. The molecule has 1 aromatic heterocycles. The van der Waals surface area contributed by atoms with Crippen LogP contribution in [0, 0.1) is 13.8 Å². The summed E-state index contributed by atoms with van der Waals surface area (Å²) in [5.74, 6) is 0. The lowest BCUT2D eigenvalue weighted by Crippen LogP contribution is -2.62. The third-order valence-electron chi connectivity index (χ3n) is 22.8. The number of benzene rings is 9. The molecule has 0 saturated heterocycles. The van der Waals surface area contributed by atoms with Gasteiger partial charge in [0.15, 0.2) is 0 Å². The van der Waals surface area contributed by atoms with Crippen molar-refractivity contribution in [3.8, 4) is 11.1 Å². The van der Waals surface area contributed by atoms with E-state index in [-0.39, 0.29) is 39.5 Å². The first-order valence-corrected chi connectivity index (χ1v) is 33.0. The van der Waals surface area contributed by atoms with Crippen LogP contribution in [0.3, 0.4) is 0 Å². The second kappa shape index (κ2) is 18.5. The van der Waals surface area contributed by atoms with E-state index in [2.05, 4.69) is 279 Å². The number of para-hydroxylation sites is 1. The Labute approximate surface area is 515 Å². The predicted octanol–water partition coefficient (Wildman–Crippen LogP) is 20.5. The molecule has 4 atom stereocenters. The highest BCUT2D eigenvalue weighted by Crippen LogP contribution is 2.64. The van der Waals surface area contributed by atoms with Gasteiger partial charge in [0.25, 0.3) is 6.71 Å². The maximum absolute atomic E-state index is 2.84. The molecule has 0 N–H and O–H groups in total. The van der Waals surface area contributed by atoms with Gasteiger partial charge in [0.1, 0.15) is 0 Å². The van der Waals surface area contributed by atoms with Gasteiger partial charge >= 0.3 is 0 Å². The van der Waals surface area contributed by atoms with Crippen LogP contribution in [0.1, 0.15) is 154 Å². The molecule has 10 aromatic rings. The van der Waals surface area contributed by atoms with E-state index in [1.54, 1.807) is 5.56 Å². The molecule has 0 amide bonds. The van der Waals surface area contributed by atoms with Gasteiger partial charge in [-0.15, -0.1) is 11.3 Å². The van der Waals surface area contributed by atoms with E-state index in [0.29, 0.717) is 0 Å². The number of rotatable bonds is 5. The summed E-state index contributed by atoms with van der Waals surface area (Å²) >= 11 is 1.94. The van der Waals surface area contributed by atoms with Crippen molar-refractivity contribution in [2.45, 2.75) is 167 Å². The molecule has 0 bridgehead atoms. The third-order valence-corrected chi connectivity index (χ3v) is 24.0. The summed E-state index contributed by atoms with van der Waals surface area (Å²) in [6.45, 7) is 29.3. The van der Waals surface area contributed by atoms with Gasteiger partial charge in [-0.05, 0) is 186 Å². The molecule has 0 spiro atoms. The molecule has 4 aliphatic heterocycles. The average molecular weight is 1140 g/mol. The molecule has 5 heterocycles. The van der Waals surface area contributed by atoms with Crippen LogP contribution in [0.4, 0.5) is 56.9 Å². The number of nitrogens with zero attached hydrogens (tertiary/aromatic N) is 4. The molecule has 4 nitrogen and oxygen atoms in total. The Bertz CT molecular complexity index is 4480. The zero-order chi connectivity index (χ0) is 59.2. The van der Waals surface area contributed by atoms with E-state index in [4.69, 9.17) is 0 Å². The van der Waals surface area contributed by atoms with Gasteiger partial charge in [-0.2, -0.15) is 0 Å². The molecule has 2 aliphatic carbocycles. The van der Waals surface area contributed by atoms with Crippen LogP contribution in [0.2, 0.25) is 0 Å². The third kappa shape index (κ3) is 7.35. The van der Waals surface area contributed by atoms with E-state index in [1.807, 2.05) is 11.3 Å². The molecule has 6 aliphatic rings. The molecule has 16 rings (SSSR count). The summed E-state index contributed by atoms with van der Waals surface area (Å²) in [7, 11) is 0. The lowest BCUT2D eigenvalue weighted by atomic mass is 9.33. The highest BCUT2D eigenvalue weighted by molar-refractivity contribution is 7.26. The van der Waals surface area contributed by atoms with E-state index in [0.717, 1.165) is 12.8 Å². The Morgan fingerprint density at radius 1 is 0.442 bits per heavy atom. The summed E-state index contributed by atoms with van der Waals surface area (Å²) in [6, 6.07) is 70.0. The zero-order valence-electron chi connectivity index (χ0n) is 52.7. The van der Waals surface area contributed by atoms with E-state index in [1.165, 1.54) is 171 Å². The van der Waals surface area contributed by atoms with Crippen LogP contribution in [-0.2, 0) is 21.7 Å². The molecular weight excluding hydrogens is 1060 g/mol. The first-order chi connectivity index (χ1) is 41.2. The normalized spacial score (nSPS) is 22.8. The number of aryl methyl sites for hydroxylation is 2. The minimum absolute atomic E-state index is 0.00280. The second-order valence-electron chi connectivity index (χ2n) is 29.7. The second-order valence-corrected chi connectivity index (χ2v) is 30.7. The minimum atomic E-state index is -0.173. The van der Waals surface area contributed by atoms with Crippen LogP contribution >= 0.6 is 11.3 Å². The summed E-state index contributed by atoms with van der Waals surface area (Å²) in [4.78, 5) is 11.2. The zero-order valence-corrected chi connectivity index (χ0v) is 53.5. The predicted molar refractivity (Wildman–Crippen MR) is 371 cm³/mol. The summed E-state index contributed by atoms with van der Waals surface area (Å²) in [6.07, 6.45) is 9.54. The Hall–Kier alpha value is -7.54. The first-order valence-electron chi connectivity index (χ1n) is 32.2. The molecule has 430 valence electrons. The first kappa shape index (κ1) is 53.9. The Morgan fingerprint density at radius 3 is 1.76 bits per heavy atom. The molecule has 86 heavy (non-hydrogen) atoms. The number of fused-ring (bicyclic) bond motifs is 13. The molecule has 9 aromatic carbocycles. The van der Waals surface area contributed by atoms with Crippen LogP contribution in [-0.4, -0.2) is 17.8 Å². The molecule has 2 saturated carbocycles. The van der Waals surface area contributed by atoms with E-state index < -0.39 is 0 Å². The fourth-order valence-corrected chi connectivity index (χ4v) is 19.3. The maximum Gasteiger partial charge on any atom is 0.252 e. The topological polar surface area (TPSA) is 13.0 Å². The SMILES string of the molecule is Cc1cc(C)c2c(c1)N(c1ccc3c(c1)N(c1ccc(C(C)(C)C)cc1-c1ccccc1)c1cc(N4c5ccccc5C5(C)CCCCC45C)cc4c1B3c1ccc(C(C)(C)C)cc1N4c1cccc3c1sc1ccccc13)C1(C)CCCCC21C. The smallest absolute Gasteiger partial charge is 0.252 e. The molecule has 0 radical (unpaired) electrons. The van der Waals surface area contributed by atoms with Gasteiger partial charge in [0, 0.05) is 77.4 Å².